The second-order valence-electron chi connectivity index (χ2n) is 8.25. The first-order valence-corrected chi connectivity index (χ1v) is 11.9. The molecule has 0 aliphatic heterocycles. The Balaban J connectivity index is 1.81. The van der Waals surface area contributed by atoms with Gasteiger partial charge < -0.3 is 5.11 Å². The molecule has 4 rings (SSSR count). The van der Waals surface area contributed by atoms with Gasteiger partial charge in [-0.1, -0.05) is 61.0 Å². The fourth-order valence-electron chi connectivity index (χ4n) is 4.14. The van der Waals surface area contributed by atoms with Crippen LogP contribution in [0.3, 0.4) is 0 Å². The van der Waals surface area contributed by atoms with Gasteiger partial charge in [0.05, 0.1) is 16.7 Å². The zero-order valence-corrected chi connectivity index (χ0v) is 20.1. The highest BCUT2D eigenvalue weighted by Gasteiger charge is 2.16. The number of hydrogen-bond donors (Lipinski definition) is 2. The molecule has 4 nitrogen and oxygen atoms in total. The van der Waals surface area contributed by atoms with Gasteiger partial charge in [-0.2, -0.15) is 5.10 Å². The Morgan fingerprint density at radius 2 is 1.86 bits per heavy atom. The van der Waals surface area contributed by atoms with E-state index >= 15 is 0 Å². The quantitative estimate of drug-likeness (QED) is 0.195. The number of ketones is 1. The summed E-state index contributed by atoms with van der Waals surface area (Å²) in [6.07, 6.45) is 6.58. The molecule has 0 aliphatic carbocycles. The summed E-state index contributed by atoms with van der Waals surface area (Å²) >= 11 is 6.49. The van der Waals surface area contributed by atoms with Crippen molar-refractivity contribution >= 4 is 45.5 Å². The maximum atomic E-state index is 13.8. The summed E-state index contributed by atoms with van der Waals surface area (Å²) in [4.78, 5) is 11.9. The number of aromatic nitrogens is 2. The van der Waals surface area contributed by atoms with Gasteiger partial charge in [0, 0.05) is 18.4 Å². The van der Waals surface area contributed by atoms with Crippen LogP contribution in [0.25, 0.3) is 28.1 Å². The number of allylic oxidation sites excluding steroid dienone is 2. The molecule has 3 aromatic carbocycles. The number of benzene rings is 3. The molecule has 0 amide bonds. The highest BCUT2D eigenvalue weighted by molar-refractivity contribution is 6.32. The van der Waals surface area contributed by atoms with Crippen molar-refractivity contribution in [3.05, 3.63) is 106 Å². The number of halogens is 2. The normalized spacial score (nSPS) is 12.3. The second kappa shape index (κ2) is 11.3. The van der Waals surface area contributed by atoms with Crippen LogP contribution in [0.5, 0.6) is 0 Å². The van der Waals surface area contributed by atoms with Crippen molar-refractivity contribution in [2.75, 3.05) is 6.61 Å². The molecular weight excluding hydrogens is 463 g/mol. The maximum Gasteiger partial charge on any atom is 0.155 e. The molecule has 0 unspecified atom stereocenters. The number of carbonyl (C=O) groups is 1. The van der Waals surface area contributed by atoms with Gasteiger partial charge in [-0.05, 0) is 76.6 Å². The number of hydrogen-bond acceptors (Lipinski definition) is 3. The van der Waals surface area contributed by atoms with Crippen LogP contribution < -0.4 is 0 Å². The fraction of sp³-hybridized carbons (Fsp3) is 0.172. The Labute approximate surface area is 208 Å². The van der Waals surface area contributed by atoms with Gasteiger partial charge in [0.1, 0.15) is 5.82 Å². The third-order valence-electron chi connectivity index (χ3n) is 5.88. The molecule has 2 N–H and O–H groups in total. The van der Waals surface area contributed by atoms with Gasteiger partial charge in [-0.3, -0.25) is 9.89 Å². The predicted octanol–water partition coefficient (Wildman–Crippen LogP) is 7.08. The molecule has 0 fully saturated rings. The maximum absolute atomic E-state index is 13.8. The van der Waals surface area contributed by atoms with Crippen molar-refractivity contribution in [2.24, 2.45) is 0 Å². The molecule has 0 spiro atoms. The number of fused-ring (bicyclic) bond motifs is 1. The first kappa shape index (κ1) is 24.6. The molecule has 0 atom stereocenters. The summed E-state index contributed by atoms with van der Waals surface area (Å²) < 4.78 is 13.8. The number of aliphatic hydroxyl groups excluding tert-OH is 1. The van der Waals surface area contributed by atoms with Crippen molar-refractivity contribution < 1.29 is 14.3 Å². The van der Waals surface area contributed by atoms with Crippen LogP contribution in [-0.4, -0.2) is 27.7 Å². The molecule has 1 heterocycles. The molecule has 0 aliphatic rings. The van der Waals surface area contributed by atoms with Gasteiger partial charge in [0.2, 0.25) is 0 Å². The number of aliphatic hydroxyl groups is 1. The third-order valence-corrected chi connectivity index (χ3v) is 6.20. The van der Waals surface area contributed by atoms with Crippen molar-refractivity contribution in [1.82, 2.24) is 10.2 Å². The minimum Gasteiger partial charge on any atom is -0.396 e. The number of carbonyl (C=O) groups excluding carboxylic acids is 1. The van der Waals surface area contributed by atoms with Gasteiger partial charge in [-0.25, -0.2) is 4.39 Å². The second-order valence-corrected chi connectivity index (χ2v) is 8.66. The SMILES string of the molecule is CC/C(=C(/c1ccc(/C=C/C(=O)CCCO)cc1)c1ccc2[nH]ncc2c1)c1ccc(F)cc1Cl. The molecule has 178 valence electrons. The van der Waals surface area contributed by atoms with Crippen LogP contribution in [0.2, 0.25) is 5.02 Å². The summed E-state index contributed by atoms with van der Waals surface area (Å²) in [6, 6.07) is 18.5. The first-order valence-electron chi connectivity index (χ1n) is 11.5. The minimum absolute atomic E-state index is 0.00579. The van der Waals surface area contributed by atoms with Gasteiger partial charge in [-0.15, -0.1) is 0 Å². The smallest absolute Gasteiger partial charge is 0.155 e. The van der Waals surface area contributed by atoms with E-state index in [9.17, 15) is 9.18 Å². The van der Waals surface area contributed by atoms with E-state index in [4.69, 9.17) is 16.7 Å². The standard InChI is InChI=1S/C29H26ClFN2O2/c1-2-25(26-13-11-23(31)17-27(26)30)29(21-10-14-28-22(16-21)18-32-33-28)20-8-5-19(6-9-20)7-12-24(35)4-3-15-34/h5-14,16-18,34H,2-4,15H2,1H3,(H,32,33)/b12-7+,29-25+. The Morgan fingerprint density at radius 3 is 2.57 bits per heavy atom. The Morgan fingerprint density at radius 1 is 1.09 bits per heavy atom. The van der Waals surface area contributed by atoms with Crippen molar-refractivity contribution in [2.45, 2.75) is 26.2 Å². The van der Waals surface area contributed by atoms with Gasteiger partial charge >= 0.3 is 0 Å². The average Bonchev–Trinajstić information content (AvgIpc) is 3.34. The van der Waals surface area contributed by atoms with E-state index in [1.54, 1.807) is 24.4 Å². The molecule has 6 heteroatoms. The van der Waals surface area contributed by atoms with Crippen LogP contribution in [0.1, 0.15) is 48.4 Å². The summed E-state index contributed by atoms with van der Waals surface area (Å²) in [5.74, 6) is -0.392. The predicted molar refractivity (Wildman–Crippen MR) is 141 cm³/mol. The molecule has 35 heavy (non-hydrogen) atoms. The van der Waals surface area contributed by atoms with Crippen LogP contribution in [0, 0.1) is 5.82 Å². The summed E-state index contributed by atoms with van der Waals surface area (Å²) in [5, 5.41) is 17.4. The Hall–Kier alpha value is -3.54. The average molecular weight is 489 g/mol. The summed E-state index contributed by atoms with van der Waals surface area (Å²) in [6.45, 7) is 2.06. The van der Waals surface area contributed by atoms with E-state index in [0.29, 0.717) is 24.3 Å². The topological polar surface area (TPSA) is 66.0 Å². The van der Waals surface area contributed by atoms with Crippen LogP contribution in [0.4, 0.5) is 4.39 Å². The molecular formula is C29H26ClFN2O2. The summed E-state index contributed by atoms with van der Waals surface area (Å²) in [7, 11) is 0. The largest absolute Gasteiger partial charge is 0.396 e. The lowest BCUT2D eigenvalue weighted by Crippen LogP contribution is -1.97. The lowest BCUT2D eigenvalue weighted by Gasteiger charge is -2.18. The molecule has 0 radical (unpaired) electrons. The van der Waals surface area contributed by atoms with E-state index in [-0.39, 0.29) is 18.2 Å². The van der Waals surface area contributed by atoms with Crippen LogP contribution in [-0.2, 0) is 4.79 Å². The molecule has 0 bridgehead atoms. The molecule has 0 saturated carbocycles. The monoisotopic (exact) mass is 488 g/mol. The van der Waals surface area contributed by atoms with E-state index in [1.165, 1.54) is 12.1 Å². The fourth-order valence-corrected chi connectivity index (χ4v) is 4.42. The highest BCUT2D eigenvalue weighted by Crippen LogP contribution is 2.38. The zero-order valence-electron chi connectivity index (χ0n) is 19.4. The van der Waals surface area contributed by atoms with E-state index in [0.717, 1.165) is 44.3 Å². The van der Waals surface area contributed by atoms with E-state index in [2.05, 4.69) is 23.2 Å². The minimum atomic E-state index is -0.375. The van der Waals surface area contributed by atoms with Crippen molar-refractivity contribution in [1.29, 1.82) is 0 Å². The first-order chi connectivity index (χ1) is 17.0. The number of nitrogens with zero attached hydrogens (tertiary/aromatic N) is 1. The lowest BCUT2D eigenvalue weighted by atomic mass is 9.87. The van der Waals surface area contributed by atoms with Crippen molar-refractivity contribution in [3.8, 4) is 0 Å². The van der Waals surface area contributed by atoms with Crippen molar-refractivity contribution in [3.63, 3.8) is 0 Å². The van der Waals surface area contributed by atoms with E-state index in [1.807, 2.05) is 36.4 Å². The number of rotatable bonds is 9. The summed E-state index contributed by atoms with van der Waals surface area (Å²) in [5.41, 5.74) is 6.61. The number of nitrogens with one attached hydrogen (secondary N) is 1. The molecule has 0 saturated heterocycles. The van der Waals surface area contributed by atoms with Crippen LogP contribution >= 0.6 is 11.6 Å². The van der Waals surface area contributed by atoms with Crippen LogP contribution in [0.15, 0.2) is 72.9 Å². The zero-order chi connectivity index (χ0) is 24.8. The van der Waals surface area contributed by atoms with Gasteiger partial charge in [0.15, 0.2) is 5.78 Å². The molecule has 1 aromatic heterocycles. The number of aromatic amines is 1. The highest BCUT2D eigenvalue weighted by atomic mass is 35.5. The van der Waals surface area contributed by atoms with Gasteiger partial charge in [0.25, 0.3) is 0 Å². The third kappa shape index (κ3) is 5.76. The molecule has 4 aromatic rings. The lowest BCUT2D eigenvalue weighted by molar-refractivity contribution is -0.114. The van der Waals surface area contributed by atoms with E-state index < -0.39 is 0 Å². The number of H-pyrrole nitrogens is 1. The Kier molecular flexibility index (Phi) is 7.91. The Bertz CT molecular complexity index is 1400.